The van der Waals surface area contributed by atoms with Gasteiger partial charge < -0.3 is 15.9 Å². The van der Waals surface area contributed by atoms with Gasteiger partial charge in [0.05, 0.1) is 6.61 Å². The molecule has 0 aliphatic rings. The van der Waals surface area contributed by atoms with E-state index in [0.29, 0.717) is 13.2 Å². The van der Waals surface area contributed by atoms with Crippen LogP contribution in [0.2, 0.25) is 0 Å². The monoisotopic (exact) mass is 121 g/mol. The fraction of sp³-hybridized carbons (Fsp3) is 1.00. The molecule has 0 heterocycles. The SMILES string of the molecule is CCCO.NCCO. The molecule has 0 unspecified atom stereocenters. The van der Waals surface area contributed by atoms with Gasteiger partial charge in [-0.1, -0.05) is 6.92 Å². The van der Waals surface area contributed by atoms with Crippen LogP contribution >= 0.6 is 0 Å². The van der Waals surface area contributed by atoms with Gasteiger partial charge in [0.1, 0.15) is 0 Å². The lowest BCUT2D eigenvalue weighted by molar-refractivity contribution is 0.295. The maximum Gasteiger partial charge on any atom is 0.0553 e. The Hall–Kier alpha value is -0.120. The summed E-state index contributed by atoms with van der Waals surface area (Å²) in [5.41, 5.74) is 4.78. The number of aliphatic hydroxyl groups excluding tert-OH is 2. The van der Waals surface area contributed by atoms with Gasteiger partial charge in [-0.25, -0.2) is 0 Å². The van der Waals surface area contributed by atoms with E-state index in [-0.39, 0.29) is 6.61 Å². The predicted molar refractivity (Wildman–Crippen MR) is 33.5 cm³/mol. The van der Waals surface area contributed by atoms with Crippen LogP contribution in [0, 0.1) is 0 Å². The van der Waals surface area contributed by atoms with Gasteiger partial charge in [-0.2, -0.15) is 0 Å². The van der Waals surface area contributed by atoms with Gasteiger partial charge in [-0.05, 0) is 6.42 Å². The van der Waals surface area contributed by atoms with Crippen molar-refractivity contribution < 1.29 is 10.2 Å². The van der Waals surface area contributed by atoms with Crippen LogP contribution < -0.4 is 5.73 Å². The number of hydrogen-bond acceptors (Lipinski definition) is 3. The van der Waals surface area contributed by atoms with Crippen molar-refractivity contribution in [1.29, 1.82) is 0 Å². The zero-order valence-electron chi connectivity index (χ0n) is 5.30. The van der Waals surface area contributed by atoms with Crippen molar-refractivity contribution >= 4 is 0 Å². The van der Waals surface area contributed by atoms with Crippen LogP contribution in [-0.2, 0) is 0 Å². The van der Waals surface area contributed by atoms with E-state index in [1.807, 2.05) is 6.92 Å². The van der Waals surface area contributed by atoms with E-state index >= 15 is 0 Å². The van der Waals surface area contributed by atoms with Crippen molar-refractivity contribution in [2.75, 3.05) is 19.8 Å². The molecule has 0 saturated heterocycles. The van der Waals surface area contributed by atoms with Crippen LogP contribution in [-0.4, -0.2) is 30.0 Å². The van der Waals surface area contributed by atoms with Gasteiger partial charge in [0, 0.05) is 13.2 Å². The molecule has 0 aliphatic carbocycles. The lowest BCUT2D eigenvalue weighted by Gasteiger charge is -1.71. The molecule has 8 heavy (non-hydrogen) atoms. The second-order valence-corrected chi connectivity index (χ2v) is 1.24. The van der Waals surface area contributed by atoms with Crippen LogP contribution in [0.1, 0.15) is 13.3 Å². The van der Waals surface area contributed by atoms with E-state index in [1.54, 1.807) is 0 Å². The minimum atomic E-state index is 0.0972. The number of hydrogen-bond donors (Lipinski definition) is 3. The van der Waals surface area contributed by atoms with Crippen molar-refractivity contribution in [3.8, 4) is 0 Å². The van der Waals surface area contributed by atoms with E-state index in [2.05, 4.69) is 0 Å². The summed E-state index contributed by atoms with van der Waals surface area (Å²) >= 11 is 0. The Morgan fingerprint density at radius 3 is 1.50 bits per heavy atom. The average molecular weight is 121 g/mol. The summed E-state index contributed by atoms with van der Waals surface area (Å²) < 4.78 is 0. The normalized spacial score (nSPS) is 7.50. The van der Waals surface area contributed by atoms with Crippen molar-refractivity contribution in [1.82, 2.24) is 0 Å². The molecule has 0 aromatic heterocycles. The van der Waals surface area contributed by atoms with E-state index in [4.69, 9.17) is 15.9 Å². The van der Waals surface area contributed by atoms with Crippen LogP contribution in [0.4, 0.5) is 0 Å². The Kier molecular flexibility index (Phi) is 21.3. The molecule has 3 nitrogen and oxygen atoms in total. The van der Waals surface area contributed by atoms with Crippen molar-refractivity contribution in [2.24, 2.45) is 5.73 Å². The summed E-state index contributed by atoms with van der Waals surface area (Å²) in [7, 11) is 0. The van der Waals surface area contributed by atoms with Crippen LogP contribution in [0.5, 0.6) is 0 Å². The van der Waals surface area contributed by atoms with Gasteiger partial charge in [0.25, 0.3) is 0 Å². The Morgan fingerprint density at radius 1 is 1.25 bits per heavy atom. The zero-order valence-corrected chi connectivity index (χ0v) is 5.30. The smallest absolute Gasteiger partial charge is 0.0553 e. The maximum absolute atomic E-state index is 7.88. The minimum absolute atomic E-state index is 0.0972. The lowest BCUT2D eigenvalue weighted by Crippen LogP contribution is -2.02. The Morgan fingerprint density at radius 2 is 1.50 bits per heavy atom. The molecule has 0 fully saturated rings. The molecule has 0 aromatic carbocycles. The van der Waals surface area contributed by atoms with Gasteiger partial charge in [0.15, 0.2) is 0 Å². The van der Waals surface area contributed by atoms with Crippen LogP contribution in [0.25, 0.3) is 0 Å². The molecule has 52 valence electrons. The van der Waals surface area contributed by atoms with Crippen LogP contribution in [0.15, 0.2) is 0 Å². The van der Waals surface area contributed by atoms with E-state index in [9.17, 15) is 0 Å². The minimum Gasteiger partial charge on any atom is -0.396 e. The number of nitrogens with two attached hydrogens (primary N) is 1. The third-order valence-corrected chi connectivity index (χ3v) is 0.353. The molecule has 0 bridgehead atoms. The maximum atomic E-state index is 7.88. The molecule has 0 radical (unpaired) electrons. The van der Waals surface area contributed by atoms with Crippen molar-refractivity contribution in [3.63, 3.8) is 0 Å². The average Bonchev–Trinajstić information content (AvgIpc) is 1.88. The summed E-state index contributed by atoms with van der Waals surface area (Å²) in [6.07, 6.45) is 0.875. The molecule has 3 heteroatoms. The third-order valence-electron chi connectivity index (χ3n) is 0.353. The fourth-order valence-corrected chi connectivity index (χ4v) is 0. The highest BCUT2D eigenvalue weighted by Gasteiger charge is 1.57. The summed E-state index contributed by atoms with van der Waals surface area (Å²) in [5, 5.41) is 15.6. The van der Waals surface area contributed by atoms with Gasteiger partial charge in [0.2, 0.25) is 0 Å². The van der Waals surface area contributed by atoms with E-state index < -0.39 is 0 Å². The standard InChI is InChI=1S/C3H8O.C2H7NO/c1-2-3-4;3-1-2-4/h4H,2-3H2,1H3;4H,1-3H2. The summed E-state index contributed by atoms with van der Waals surface area (Å²) in [5.74, 6) is 0. The Labute approximate surface area is 50.1 Å². The Bertz CT molecular complexity index is 18.4. The largest absolute Gasteiger partial charge is 0.396 e. The molecular formula is C5H15NO2. The van der Waals surface area contributed by atoms with Crippen molar-refractivity contribution in [3.05, 3.63) is 0 Å². The highest BCUT2D eigenvalue weighted by molar-refractivity contribution is 4.17. The van der Waals surface area contributed by atoms with E-state index in [0.717, 1.165) is 6.42 Å². The first-order valence-electron chi connectivity index (χ1n) is 2.75. The quantitative estimate of drug-likeness (QED) is 0.453. The third kappa shape index (κ3) is 39.6. The number of aliphatic hydroxyl groups is 2. The van der Waals surface area contributed by atoms with Gasteiger partial charge >= 0.3 is 0 Å². The lowest BCUT2D eigenvalue weighted by atomic mass is 10.5. The molecule has 0 saturated carbocycles. The fourth-order valence-electron chi connectivity index (χ4n) is 0. The van der Waals surface area contributed by atoms with E-state index in [1.165, 1.54) is 0 Å². The van der Waals surface area contributed by atoms with Crippen LogP contribution in [0.3, 0.4) is 0 Å². The second kappa shape index (κ2) is 15.8. The van der Waals surface area contributed by atoms with Gasteiger partial charge in [-0.3, -0.25) is 0 Å². The topological polar surface area (TPSA) is 66.5 Å². The summed E-state index contributed by atoms with van der Waals surface area (Å²) in [6.45, 7) is 2.72. The molecule has 0 aromatic rings. The summed E-state index contributed by atoms with van der Waals surface area (Å²) in [6, 6.07) is 0. The highest BCUT2D eigenvalue weighted by atomic mass is 16.3. The molecule has 0 amide bonds. The van der Waals surface area contributed by atoms with Crippen molar-refractivity contribution in [2.45, 2.75) is 13.3 Å². The first kappa shape index (κ1) is 10.8. The molecule has 0 aliphatic heterocycles. The molecular weight excluding hydrogens is 106 g/mol. The Balaban J connectivity index is 0. The predicted octanol–water partition coefficient (Wildman–Crippen LogP) is -0.674. The first-order chi connectivity index (χ1) is 3.83. The summed E-state index contributed by atoms with van der Waals surface area (Å²) in [4.78, 5) is 0. The molecule has 0 atom stereocenters. The second-order valence-electron chi connectivity index (χ2n) is 1.24. The van der Waals surface area contributed by atoms with Gasteiger partial charge in [-0.15, -0.1) is 0 Å². The highest BCUT2D eigenvalue weighted by Crippen LogP contribution is 1.61. The number of rotatable bonds is 2. The zero-order chi connectivity index (χ0) is 6.83. The first-order valence-corrected chi connectivity index (χ1v) is 2.75. The molecule has 0 rings (SSSR count). The molecule has 0 spiro atoms. The molecule has 4 N–H and O–H groups in total.